The van der Waals surface area contributed by atoms with Gasteiger partial charge in [-0.25, -0.2) is 4.79 Å². The van der Waals surface area contributed by atoms with E-state index in [1.54, 1.807) is 6.92 Å². The number of ether oxygens (including phenoxy) is 1. The Kier molecular flexibility index (Phi) is 6.54. The van der Waals surface area contributed by atoms with Gasteiger partial charge in [0, 0.05) is 0 Å². The lowest BCUT2D eigenvalue weighted by Crippen LogP contribution is -2.29. The highest BCUT2D eigenvalue weighted by Gasteiger charge is 2.23. The van der Waals surface area contributed by atoms with Crippen molar-refractivity contribution in [1.29, 1.82) is 0 Å². The molecule has 0 saturated carbocycles. The predicted molar refractivity (Wildman–Crippen MR) is 55.9 cm³/mol. The van der Waals surface area contributed by atoms with Crippen LogP contribution in [0, 0.1) is 11.8 Å². The van der Waals surface area contributed by atoms with E-state index in [9.17, 15) is 9.90 Å². The van der Waals surface area contributed by atoms with E-state index in [2.05, 4.69) is 13.8 Å². The first kappa shape index (κ1) is 13.4. The lowest BCUT2D eigenvalue weighted by atomic mass is 9.95. The normalized spacial score (nSPS) is 15.3. The van der Waals surface area contributed by atoms with Crippen molar-refractivity contribution in [3.63, 3.8) is 0 Å². The van der Waals surface area contributed by atoms with Gasteiger partial charge in [-0.1, -0.05) is 27.2 Å². The topological polar surface area (TPSA) is 46.5 Å². The molecule has 0 aromatic rings. The van der Waals surface area contributed by atoms with Crippen molar-refractivity contribution < 1.29 is 14.6 Å². The SMILES string of the molecule is CCOC(=O)C(O)C(C)CCC(C)C. The quantitative estimate of drug-likeness (QED) is 0.670. The highest BCUT2D eigenvalue weighted by Crippen LogP contribution is 2.15. The first-order valence-corrected chi connectivity index (χ1v) is 5.33. The van der Waals surface area contributed by atoms with Crippen LogP contribution in [0.5, 0.6) is 0 Å². The third-order valence-corrected chi connectivity index (χ3v) is 2.27. The molecule has 0 amide bonds. The molecule has 84 valence electrons. The summed E-state index contributed by atoms with van der Waals surface area (Å²) in [5, 5.41) is 9.56. The number of hydrogen-bond acceptors (Lipinski definition) is 3. The van der Waals surface area contributed by atoms with Crippen molar-refractivity contribution >= 4 is 5.97 Å². The molecule has 0 aromatic carbocycles. The first-order valence-electron chi connectivity index (χ1n) is 5.33. The average Bonchev–Trinajstić information content (AvgIpc) is 2.13. The molecule has 0 fully saturated rings. The number of hydrogen-bond donors (Lipinski definition) is 1. The zero-order valence-corrected chi connectivity index (χ0v) is 9.62. The van der Waals surface area contributed by atoms with Crippen LogP contribution in [0.2, 0.25) is 0 Å². The van der Waals surface area contributed by atoms with Gasteiger partial charge in [0.25, 0.3) is 0 Å². The largest absolute Gasteiger partial charge is 0.464 e. The Morgan fingerprint density at radius 1 is 1.29 bits per heavy atom. The standard InChI is InChI=1S/C11H22O3/c1-5-14-11(13)10(12)9(4)7-6-8(2)3/h8-10,12H,5-7H2,1-4H3. The summed E-state index contributed by atoms with van der Waals surface area (Å²) < 4.78 is 4.74. The van der Waals surface area contributed by atoms with Crippen molar-refractivity contribution in [3.8, 4) is 0 Å². The summed E-state index contributed by atoms with van der Waals surface area (Å²) in [6.07, 6.45) is 0.920. The molecule has 0 rings (SSSR count). The highest BCUT2D eigenvalue weighted by atomic mass is 16.5. The molecule has 0 spiro atoms. The van der Waals surface area contributed by atoms with Gasteiger partial charge < -0.3 is 9.84 Å². The van der Waals surface area contributed by atoms with Crippen LogP contribution < -0.4 is 0 Å². The van der Waals surface area contributed by atoms with Crippen LogP contribution in [0.3, 0.4) is 0 Å². The predicted octanol–water partition coefficient (Wildman–Crippen LogP) is 1.98. The van der Waals surface area contributed by atoms with Crippen LogP contribution >= 0.6 is 0 Å². The van der Waals surface area contributed by atoms with E-state index in [1.807, 2.05) is 6.92 Å². The maximum atomic E-state index is 11.2. The molecule has 2 atom stereocenters. The maximum Gasteiger partial charge on any atom is 0.335 e. The minimum Gasteiger partial charge on any atom is -0.464 e. The van der Waals surface area contributed by atoms with Gasteiger partial charge in [-0.15, -0.1) is 0 Å². The van der Waals surface area contributed by atoms with Gasteiger partial charge in [-0.2, -0.15) is 0 Å². The van der Waals surface area contributed by atoms with Crippen molar-refractivity contribution in [2.75, 3.05) is 6.61 Å². The number of rotatable bonds is 6. The van der Waals surface area contributed by atoms with Gasteiger partial charge in [0.15, 0.2) is 6.10 Å². The van der Waals surface area contributed by atoms with E-state index in [-0.39, 0.29) is 5.92 Å². The summed E-state index contributed by atoms with van der Waals surface area (Å²) in [6, 6.07) is 0. The second kappa shape index (κ2) is 6.82. The third kappa shape index (κ3) is 5.22. The van der Waals surface area contributed by atoms with E-state index in [0.29, 0.717) is 12.5 Å². The Bertz CT molecular complexity index is 166. The Morgan fingerprint density at radius 2 is 1.86 bits per heavy atom. The first-order chi connectivity index (χ1) is 6.49. The summed E-state index contributed by atoms with van der Waals surface area (Å²) >= 11 is 0. The molecule has 0 aromatic heterocycles. The van der Waals surface area contributed by atoms with E-state index in [0.717, 1.165) is 12.8 Å². The summed E-state index contributed by atoms with van der Waals surface area (Å²) in [6.45, 7) is 8.20. The molecule has 0 bridgehead atoms. The molecule has 3 heteroatoms. The van der Waals surface area contributed by atoms with E-state index >= 15 is 0 Å². The van der Waals surface area contributed by atoms with Crippen molar-refractivity contribution in [1.82, 2.24) is 0 Å². The van der Waals surface area contributed by atoms with Gasteiger partial charge in [0.2, 0.25) is 0 Å². The number of aliphatic hydroxyl groups is 1. The monoisotopic (exact) mass is 202 g/mol. The van der Waals surface area contributed by atoms with E-state index in [4.69, 9.17) is 4.74 Å². The number of esters is 1. The van der Waals surface area contributed by atoms with Gasteiger partial charge in [-0.05, 0) is 25.2 Å². The van der Waals surface area contributed by atoms with Crippen LogP contribution in [0.1, 0.15) is 40.5 Å². The Hall–Kier alpha value is -0.570. The average molecular weight is 202 g/mol. The summed E-state index contributed by atoms with van der Waals surface area (Å²) in [5.74, 6) is 0.0899. The molecule has 0 heterocycles. The Morgan fingerprint density at radius 3 is 2.29 bits per heavy atom. The molecule has 0 radical (unpaired) electrons. The number of carbonyl (C=O) groups excluding carboxylic acids is 1. The second-order valence-electron chi connectivity index (χ2n) is 4.15. The second-order valence-corrected chi connectivity index (χ2v) is 4.15. The van der Waals surface area contributed by atoms with E-state index < -0.39 is 12.1 Å². The van der Waals surface area contributed by atoms with Gasteiger partial charge >= 0.3 is 5.97 Å². The molecular weight excluding hydrogens is 180 g/mol. The summed E-state index contributed by atoms with van der Waals surface area (Å²) in [7, 11) is 0. The van der Waals surface area contributed by atoms with Gasteiger partial charge in [0.1, 0.15) is 0 Å². The van der Waals surface area contributed by atoms with E-state index in [1.165, 1.54) is 0 Å². The molecule has 0 aliphatic carbocycles. The van der Waals surface area contributed by atoms with Crippen LogP contribution in [-0.4, -0.2) is 23.8 Å². The fraction of sp³-hybridized carbons (Fsp3) is 0.909. The van der Waals surface area contributed by atoms with Crippen molar-refractivity contribution in [2.24, 2.45) is 11.8 Å². The smallest absolute Gasteiger partial charge is 0.335 e. The van der Waals surface area contributed by atoms with Crippen LogP contribution in [0.15, 0.2) is 0 Å². The lowest BCUT2D eigenvalue weighted by molar-refractivity contribution is -0.155. The Labute approximate surface area is 86.5 Å². The fourth-order valence-corrected chi connectivity index (χ4v) is 1.21. The minimum absolute atomic E-state index is 0.0172. The number of carbonyl (C=O) groups is 1. The number of aliphatic hydroxyl groups excluding tert-OH is 1. The zero-order valence-electron chi connectivity index (χ0n) is 9.62. The van der Waals surface area contributed by atoms with Gasteiger partial charge in [-0.3, -0.25) is 0 Å². The lowest BCUT2D eigenvalue weighted by Gasteiger charge is -2.17. The van der Waals surface area contributed by atoms with Crippen LogP contribution in [0.4, 0.5) is 0 Å². The Balaban J connectivity index is 3.85. The molecule has 3 nitrogen and oxygen atoms in total. The van der Waals surface area contributed by atoms with Crippen molar-refractivity contribution in [2.45, 2.75) is 46.6 Å². The van der Waals surface area contributed by atoms with Crippen molar-refractivity contribution in [3.05, 3.63) is 0 Å². The highest BCUT2D eigenvalue weighted by molar-refractivity contribution is 5.74. The van der Waals surface area contributed by atoms with Crippen LogP contribution in [0.25, 0.3) is 0 Å². The molecule has 0 aliphatic heterocycles. The fourth-order valence-electron chi connectivity index (χ4n) is 1.21. The van der Waals surface area contributed by atoms with Gasteiger partial charge in [0.05, 0.1) is 6.61 Å². The zero-order chi connectivity index (χ0) is 11.1. The maximum absolute atomic E-state index is 11.2. The summed E-state index contributed by atoms with van der Waals surface area (Å²) in [4.78, 5) is 11.2. The molecule has 0 aliphatic rings. The minimum atomic E-state index is -0.964. The van der Waals surface area contributed by atoms with Crippen LogP contribution in [-0.2, 0) is 9.53 Å². The molecule has 14 heavy (non-hydrogen) atoms. The molecule has 0 saturated heterocycles. The molecular formula is C11H22O3. The molecule has 2 unspecified atom stereocenters. The molecule has 1 N–H and O–H groups in total. The third-order valence-electron chi connectivity index (χ3n) is 2.27. The summed E-state index contributed by atoms with van der Waals surface area (Å²) in [5.41, 5.74) is 0.